The Morgan fingerprint density at radius 3 is 2.55 bits per heavy atom. The van der Waals surface area contributed by atoms with Gasteiger partial charge in [0.1, 0.15) is 6.04 Å². The standard InChI is InChI=1S/C23H19Cl3N4O/c1-23(2)10-16-18(17(31)11-23)20(14-4-3-5-15(25)19(14)26)30-22(27-16)28-21(29-30)12-6-8-13(24)9-7-12/h3-9,20H,10-11H2,1-2H3,(H,27,28,29). The fourth-order valence-corrected chi connectivity index (χ4v) is 4.89. The van der Waals surface area contributed by atoms with E-state index in [0.29, 0.717) is 38.8 Å². The quantitative estimate of drug-likeness (QED) is 0.457. The Bertz CT molecular complexity index is 1240. The molecule has 1 unspecified atom stereocenters. The fourth-order valence-electron chi connectivity index (χ4n) is 4.35. The molecular weight excluding hydrogens is 455 g/mol. The Morgan fingerprint density at radius 2 is 1.81 bits per heavy atom. The van der Waals surface area contributed by atoms with Gasteiger partial charge in [-0.2, -0.15) is 4.98 Å². The number of fused-ring (bicyclic) bond motifs is 1. The second-order valence-corrected chi connectivity index (χ2v) is 9.94. The summed E-state index contributed by atoms with van der Waals surface area (Å²) in [5, 5.41) is 9.60. The number of allylic oxidation sites excluding steroid dienone is 2. The second kappa shape index (κ2) is 7.37. The average Bonchev–Trinajstić information content (AvgIpc) is 3.12. The number of nitrogens with zero attached hydrogens (tertiary/aromatic N) is 3. The van der Waals surface area contributed by atoms with Crippen LogP contribution in [0, 0.1) is 5.41 Å². The molecule has 1 atom stereocenters. The molecule has 0 saturated heterocycles. The minimum atomic E-state index is -0.505. The number of hydrogen-bond acceptors (Lipinski definition) is 4. The molecule has 158 valence electrons. The monoisotopic (exact) mass is 472 g/mol. The number of Topliss-reactive ketones (excluding diaryl/α,β-unsaturated/α-hetero) is 1. The van der Waals surface area contributed by atoms with Gasteiger partial charge in [-0.05, 0) is 42.2 Å². The van der Waals surface area contributed by atoms with Crippen molar-refractivity contribution in [2.24, 2.45) is 5.41 Å². The molecule has 0 bridgehead atoms. The maximum absolute atomic E-state index is 13.3. The summed E-state index contributed by atoms with van der Waals surface area (Å²) < 4.78 is 1.73. The Hall–Kier alpha value is -2.34. The first-order valence-corrected chi connectivity index (χ1v) is 11.1. The van der Waals surface area contributed by atoms with E-state index in [1.807, 2.05) is 24.3 Å². The molecule has 31 heavy (non-hydrogen) atoms. The number of halogens is 3. The van der Waals surface area contributed by atoms with Gasteiger partial charge in [0.05, 0.1) is 10.0 Å². The summed E-state index contributed by atoms with van der Waals surface area (Å²) >= 11 is 19.0. The Balaban J connectivity index is 1.71. The fraction of sp³-hybridized carbons (Fsp3) is 0.261. The van der Waals surface area contributed by atoms with Gasteiger partial charge < -0.3 is 5.32 Å². The van der Waals surface area contributed by atoms with Crippen molar-refractivity contribution in [3.05, 3.63) is 74.4 Å². The second-order valence-electron chi connectivity index (χ2n) is 8.71. The van der Waals surface area contributed by atoms with Crippen LogP contribution in [0.25, 0.3) is 11.4 Å². The predicted octanol–water partition coefficient (Wildman–Crippen LogP) is 6.56. The van der Waals surface area contributed by atoms with Crippen molar-refractivity contribution in [3.8, 4) is 11.4 Å². The van der Waals surface area contributed by atoms with E-state index in [0.717, 1.165) is 23.2 Å². The van der Waals surface area contributed by atoms with Gasteiger partial charge in [-0.1, -0.05) is 60.8 Å². The molecule has 0 radical (unpaired) electrons. The van der Waals surface area contributed by atoms with Crippen molar-refractivity contribution in [1.29, 1.82) is 0 Å². The van der Waals surface area contributed by atoms with E-state index in [2.05, 4.69) is 19.2 Å². The molecule has 5 rings (SSSR count). The van der Waals surface area contributed by atoms with Crippen LogP contribution in [0.4, 0.5) is 5.95 Å². The number of benzene rings is 2. The molecular formula is C23H19Cl3N4O. The van der Waals surface area contributed by atoms with Crippen LogP contribution in [0.5, 0.6) is 0 Å². The summed E-state index contributed by atoms with van der Waals surface area (Å²) in [5.41, 5.74) is 2.94. The summed E-state index contributed by atoms with van der Waals surface area (Å²) in [4.78, 5) is 18.0. The van der Waals surface area contributed by atoms with Crippen molar-refractivity contribution in [2.75, 3.05) is 5.32 Å². The molecule has 0 saturated carbocycles. The molecule has 5 nitrogen and oxygen atoms in total. The summed E-state index contributed by atoms with van der Waals surface area (Å²) in [5.74, 6) is 1.18. The van der Waals surface area contributed by atoms with Gasteiger partial charge in [0, 0.05) is 33.8 Å². The highest BCUT2D eigenvalue weighted by Gasteiger charge is 2.42. The smallest absolute Gasteiger partial charge is 0.226 e. The molecule has 0 fully saturated rings. The summed E-state index contributed by atoms with van der Waals surface area (Å²) in [6.45, 7) is 4.19. The topological polar surface area (TPSA) is 59.8 Å². The highest BCUT2D eigenvalue weighted by molar-refractivity contribution is 6.42. The lowest BCUT2D eigenvalue weighted by atomic mass is 9.73. The van der Waals surface area contributed by atoms with Crippen LogP contribution in [0.15, 0.2) is 53.7 Å². The number of carbonyl (C=O) groups is 1. The van der Waals surface area contributed by atoms with Gasteiger partial charge in [0.15, 0.2) is 11.6 Å². The lowest BCUT2D eigenvalue weighted by Crippen LogP contribution is -2.36. The van der Waals surface area contributed by atoms with Crippen LogP contribution < -0.4 is 5.32 Å². The number of rotatable bonds is 2. The maximum Gasteiger partial charge on any atom is 0.226 e. The van der Waals surface area contributed by atoms with E-state index in [1.54, 1.807) is 22.9 Å². The summed E-state index contributed by atoms with van der Waals surface area (Å²) in [6, 6.07) is 12.3. The lowest BCUT2D eigenvalue weighted by molar-refractivity contribution is -0.118. The van der Waals surface area contributed by atoms with Gasteiger partial charge in [0.25, 0.3) is 0 Å². The minimum Gasteiger partial charge on any atom is -0.328 e. The van der Waals surface area contributed by atoms with E-state index < -0.39 is 6.04 Å². The number of carbonyl (C=O) groups excluding carboxylic acids is 1. The van der Waals surface area contributed by atoms with Crippen molar-refractivity contribution in [2.45, 2.75) is 32.7 Å². The molecule has 8 heteroatoms. The first kappa shape index (κ1) is 20.6. The largest absolute Gasteiger partial charge is 0.328 e. The third kappa shape index (κ3) is 3.55. The Labute approximate surface area is 195 Å². The van der Waals surface area contributed by atoms with E-state index in [9.17, 15) is 4.79 Å². The Kier molecular flexibility index (Phi) is 4.88. The maximum atomic E-state index is 13.3. The number of anilines is 1. The molecule has 2 aliphatic rings. The third-order valence-corrected chi connectivity index (χ3v) is 6.80. The van der Waals surface area contributed by atoms with Crippen LogP contribution >= 0.6 is 34.8 Å². The van der Waals surface area contributed by atoms with Crippen LogP contribution in [-0.4, -0.2) is 20.5 Å². The zero-order chi connectivity index (χ0) is 21.9. The molecule has 3 aromatic rings. The lowest BCUT2D eigenvalue weighted by Gasteiger charge is -2.38. The van der Waals surface area contributed by atoms with E-state index in [-0.39, 0.29) is 11.2 Å². The van der Waals surface area contributed by atoms with Gasteiger partial charge in [-0.3, -0.25) is 4.79 Å². The zero-order valence-corrected chi connectivity index (χ0v) is 19.2. The molecule has 2 heterocycles. The molecule has 1 aliphatic carbocycles. The Morgan fingerprint density at radius 1 is 1.06 bits per heavy atom. The zero-order valence-electron chi connectivity index (χ0n) is 16.9. The molecule has 1 aromatic heterocycles. The van der Waals surface area contributed by atoms with Gasteiger partial charge in [-0.15, -0.1) is 5.10 Å². The average molecular weight is 474 g/mol. The van der Waals surface area contributed by atoms with E-state index in [1.165, 1.54) is 0 Å². The molecule has 1 N–H and O–H groups in total. The molecule has 2 aromatic carbocycles. The highest BCUT2D eigenvalue weighted by atomic mass is 35.5. The number of hydrogen-bond donors (Lipinski definition) is 1. The highest BCUT2D eigenvalue weighted by Crippen LogP contribution is 2.47. The van der Waals surface area contributed by atoms with Crippen LogP contribution in [0.3, 0.4) is 0 Å². The normalized spacial score (nSPS) is 19.6. The van der Waals surface area contributed by atoms with E-state index in [4.69, 9.17) is 44.9 Å². The third-order valence-electron chi connectivity index (χ3n) is 5.71. The van der Waals surface area contributed by atoms with Gasteiger partial charge >= 0.3 is 0 Å². The van der Waals surface area contributed by atoms with Crippen molar-refractivity contribution in [3.63, 3.8) is 0 Å². The van der Waals surface area contributed by atoms with Crippen LogP contribution in [0.2, 0.25) is 15.1 Å². The van der Waals surface area contributed by atoms with Gasteiger partial charge in [0.2, 0.25) is 5.95 Å². The van der Waals surface area contributed by atoms with Gasteiger partial charge in [-0.25, -0.2) is 4.68 Å². The number of ketones is 1. The summed E-state index contributed by atoms with van der Waals surface area (Å²) in [6.07, 6.45) is 1.18. The predicted molar refractivity (Wildman–Crippen MR) is 124 cm³/mol. The number of aromatic nitrogens is 3. The van der Waals surface area contributed by atoms with Crippen molar-refractivity contribution in [1.82, 2.24) is 14.8 Å². The van der Waals surface area contributed by atoms with E-state index >= 15 is 0 Å². The van der Waals surface area contributed by atoms with Crippen molar-refractivity contribution >= 4 is 46.5 Å². The molecule has 1 aliphatic heterocycles. The number of nitrogens with one attached hydrogen (secondary N) is 1. The minimum absolute atomic E-state index is 0.0778. The molecule has 0 amide bonds. The first-order valence-electron chi connectivity index (χ1n) is 9.93. The SMILES string of the molecule is CC1(C)CC(=O)C2=C(C1)Nc1nc(-c3ccc(Cl)cc3)nn1C2c1cccc(Cl)c1Cl. The van der Waals surface area contributed by atoms with Crippen LogP contribution in [0.1, 0.15) is 38.3 Å². The summed E-state index contributed by atoms with van der Waals surface area (Å²) in [7, 11) is 0. The van der Waals surface area contributed by atoms with Crippen molar-refractivity contribution < 1.29 is 4.79 Å². The first-order chi connectivity index (χ1) is 14.7. The molecule has 0 spiro atoms. The van der Waals surface area contributed by atoms with Crippen LogP contribution in [-0.2, 0) is 4.79 Å².